The van der Waals surface area contributed by atoms with Crippen LogP contribution in [0.25, 0.3) is 0 Å². The highest BCUT2D eigenvalue weighted by atomic mass is 32.2. The maximum atomic E-state index is 12.1. The number of sulfonamides is 1. The minimum atomic E-state index is -3.38. The molecule has 0 amide bonds. The number of methoxy groups -OCH3 is 1. The van der Waals surface area contributed by atoms with Crippen molar-refractivity contribution in [2.45, 2.75) is 24.6 Å². The van der Waals surface area contributed by atoms with E-state index in [1.165, 1.54) is 7.11 Å². The van der Waals surface area contributed by atoms with E-state index in [0.29, 0.717) is 17.7 Å². The van der Waals surface area contributed by atoms with E-state index >= 15 is 0 Å². The maximum Gasteiger partial charge on any atom is 0.337 e. The van der Waals surface area contributed by atoms with E-state index in [0.717, 1.165) is 19.4 Å². The zero-order valence-electron chi connectivity index (χ0n) is 12.0. The highest BCUT2D eigenvalue weighted by molar-refractivity contribution is 7.88. The molecule has 21 heavy (non-hydrogen) atoms. The molecule has 0 radical (unpaired) electrons. The predicted molar refractivity (Wildman–Crippen MR) is 79.4 cm³/mol. The van der Waals surface area contributed by atoms with Gasteiger partial charge in [-0.1, -0.05) is 12.1 Å². The fraction of sp³-hybridized carbons (Fsp3) is 0.500. The van der Waals surface area contributed by atoms with Crippen molar-refractivity contribution < 1.29 is 17.9 Å². The Morgan fingerprint density at radius 3 is 2.67 bits per heavy atom. The SMILES string of the molecule is COC(=O)c1ccc(CS(=O)(=O)NC2CCCNC2)cc1. The Labute approximate surface area is 124 Å². The van der Waals surface area contributed by atoms with Crippen molar-refractivity contribution >= 4 is 16.0 Å². The zero-order valence-corrected chi connectivity index (χ0v) is 12.8. The van der Waals surface area contributed by atoms with E-state index in [1.54, 1.807) is 24.3 Å². The van der Waals surface area contributed by atoms with Gasteiger partial charge in [-0.05, 0) is 37.1 Å². The molecule has 1 aliphatic heterocycles. The summed E-state index contributed by atoms with van der Waals surface area (Å²) in [4.78, 5) is 11.3. The fourth-order valence-corrected chi connectivity index (χ4v) is 3.75. The number of benzene rings is 1. The molecule has 1 atom stereocenters. The summed E-state index contributed by atoms with van der Waals surface area (Å²) in [6, 6.07) is 6.35. The average Bonchev–Trinajstić information content (AvgIpc) is 2.47. The lowest BCUT2D eigenvalue weighted by Gasteiger charge is -2.23. The number of carbonyl (C=O) groups is 1. The van der Waals surface area contributed by atoms with Gasteiger partial charge < -0.3 is 10.1 Å². The number of nitrogens with one attached hydrogen (secondary N) is 2. The van der Waals surface area contributed by atoms with Crippen molar-refractivity contribution in [1.29, 1.82) is 0 Å². The summed E-state index contributed by atoms with van der Waals surface area (Å²) in [5.74, 6) is -0.527. The minimum Gasteiger partial charge on any atom is -0.465 e. The molecule has 0 aliphatic carbocycles. The van der Waals surface area contributed by atoms with E-state index < -0.39 is 16.0 Å². The van der Waals surface area contributed by atoms with Crippen LogP contribution in [0.2, 0.25) is 0 Å². The number of hydrogen-bond acceptors (Lipinski definition) is 5. The van der Waals surface area contributed by atoms with Crippen molar-refractivity contribution in [2.75, 3.05) is 20.2 Å². The van der Waals surface area contributed by atoms with Gasteiger partial charge in [-0.2, -0.15) is 0 Å². The van der Waals surface area contributed by atoms with Gasteiger partial charge in [0.25, 0.3) is 0 Å². The van der Waals surface area contributed by atoms with Crippen LogP contribution < -0.4 is 10.0 Å². The normalized spacial score (nSPS) is 19.2. The summed E-state index contributed by atoms with van der Waals surface area (Å²) in [5.41, 5.74) is 1.04. The summed E-state index contributed by atoms with van der Waals surface area (Å²) in [6.07, 6.45) is 1.83. The molecule has 2 rings (SSSR count). The lowest BCUT2D eigenvalue weighted by atomic mass is 10.1. The van der Waals surface area contributed by atoms with E-state index in [2.05, 4.69) is 14.8 Å². The molecule has 0 spiro atoms. The van der Waals surface area contributed by atoms with Gasteiger partial charge in [-0.15, -0.1) is 0 Å². The molecule has 1 fully saturated rings. The molecule has 0 aromatic heterocycles. The van der Waals surface area contributed by atoms with Gasteiger partial charge in [0.1, 0.15) is 0 Å². The Balaban J connectivity index is 1.97. The second-order valence-electron chi connectivity index (χ2n) is 5.11. The number of esters is 1. The largest absolute Gasteiger partial charge is 0.465 e. The third-order valence-electron chi connectivity index (χ3n) is 3.37. The van der Waals surface area contributed by atoms with E-state index in [4.69, 9.17) is 0 Å². The predicted octanol–water partition coefficient (Wildman–Crippen LogP) is 0.645. The van der Waals surface area contributed by atoms with Crippen LogP contribution in [-0.4, -0.2) is 40.6 Å². The first-order valence-corrected chi connectivity index (χ1v) is 8.53. The Morgan fingerprint density at radius 2 is 2.10 bits per heavy atom. The molecule has 1 unspecified atom stereocenters. The van der Waals surface area contributed by atoms with E-state index in [9.17, 15) is 13.2 Å². The Morgan fingerprint density at radius 1 is 1.38 bits per heavy atom. The Bertz CT molecular complexity index is 577. The summed E-state index contributed by atoms with van der Waals surface area (Å²) < 4.78 is 31.5. The first kappa shape index (κ1) is 15.9. The summed E-state index contributed by atoms with van der Waals surface area (Å²) in [7, 11) is -2.07. The lowest BCUT2D eigenvalue weighted by Crippen LogP contribution is -2.45. The van der Waals surface area contributed by atoms with Crippen LogP contribution in [0, 0.1) is 0 Å². The van der Waals surface area contributed by atoms with Crippen LogP contribution >= 0.6 is 0 Å². The second kappa shape index (κ2) is 7.02. The van der Waals surface area contributed by atoms with Gasteiger partial charge >= 0.3 is 5.97 Å². The number of piperidine rings is 1. The maximum absolute atomic E-state index is 12.1. The number of carbonyl (C=O) groups excluding carboxylic acids is 1. The number of hydrogen-bond donors (Lipinski definition) is 2. The monoisotopic (exact) mass is 312 g/mol. The number of ether oxygens (including phenoxy) is 1. The molecular formula is C14H20N2O4S. The summed E-state index contributed by atoms with van der Waals surface area (Å²) in [6.45, 7) is 1.60. The van der Waals surface area contributed by atoms with Gasteiger partial charge in [0, 0.05) is 12.6 Å². The molecule has 1 saturated heterocycles. The van der Waals surface area contributed by atoms with E-state index in [1.807, 2.05) is 0 Å². The molecule has 1 heterocycles. The van der Waals surface area contributed by atoms with Crippen LogP contribution in [0.15, 0.2) is 24.3 Å². The van der Waals surface area contributed by atoms with Crippen LogP contribution in [0.4, 0.5) is 0 Å². The first-order valence-electron chi connectivity index (χ1n) is 6.88. The molecule has 0 saturated carbocycles. The smallest absolute Gasteiger partial charge is 0.337 e. The molecular weight excluding hydrogens is 292 g/mol. The topological polar surface area (TPSA) is 84.5 Å². The van der Waals surface area contributed by atoms with Gasteiger partial charge in [-0.3, -0.25) is 0 Å². The molecule has 0 bridgehead atoms. The zero-order chi connectivity index (χ0) is 15.3. The summed E-state index contributed by atoms with van der Waals surface area (Å²) >= 11 is 0. The highest BCUT2D eigenvalue weighted by Gasteiger charge is 2.20. The van der Waals surface area contributed by atoms with Gasteiger partial charge in [0.2, 0.25) is 10.0 Å². The first-order chi connectivity index (χ1) is 10.00. The summed E-state index contributed by atoms with van der Waals surface area (Å²) in [5, 5.41) is 3.17. The highest BCUT2D eigenvalue weighted by Crippen LogP contribution is 2.10. The van der Waals surface area contributed by atoms with Crippen molar-refractivity contribution in [3.63, 3.8) is 0 Å². The van der Waals surface area contributed by atoms with E-state index in [-0.39, 0.29) is 11.8 Å². The van der Waals surface area contributed by atoms with Gasteiger partial charge in [-0.25, -0.2) is 17.9 Å². The fourth-order valence-electron chi connectivity index (χ4n) is 2.32. The van der Waals surface area contributed by atoms with Crippen LogP contribution in [-0.2, 0) is 20.5 Å². The molecule has 1 aromatic rings. The van der Waals surface area contributed by atoms with Crippen molar-refractivity contribution in [2.24, 2.45) is 0 Å². The molecule has 1 aromatic carbocycles. The quantitative estimate of drug-likeness (QED) is 0.780. The van der Waals surface area contributed by atoms with Crippen molar-refractivity contribution in [1.82, 2.24) is 10.0 Å². The standard InChI is InChI=1S/C14H20N2O4S/c1-20-14(17)12-6-4-11(5-7-12)10-21(18,19)16-13-3-2-8-15-9-13/h4-7,13,15-16H,2-3,8-10H2,1H3. The second-order valence-corrected chi connectivity index (χ2v) is 6.86. The molecule has 6 nitrogen and oxygen atoms in total. The number of rotatable bonds is 5. The molecule has 116 valence electrons. The Hall–Kier alpha value is -1.44. The molecule has 2 N–H and O–H groups in total. The third kappa shape index (κ3) is 4.80. The average molecular weight is 312 g/mol. The Kier molecular flexibility index (Phi) is 5.33. The van der Waals surface area contributed by atoms with Gasteiger partial charge in [0.05, 0.1) is 18.4 Å². The van der Waals surface area contributed by atoms with Crippen molar-refractivity contribution in [3.05, 3.63) is 35.4 Å². The lowest BCUT2D eigenvalue weighted by molar-refractivity contribution is 0.0600. The van der Waals surface area contributed by atoms with Crippen LogP contribution in [0.3, 0.4) is 0 Å². The molecule has 7 heteroatoms. The third-order valence-corrected chi connectivity index (χ3v) is 4.78. The minimum absolute atomic E-state index is 0.0434. The molecule has 1 aliphatic rings. The van der Waals surface area contributed by atoms with Crippen molar-refractivity contribution in [3.8, 4) is 0 Å². The van der Waals surface area contributed by atoms with Crippen LogP contribution in [0.5, 0.6) is 0 Å². The van der Waals surface area contributed by atoms with Crippen LogP contribution in [0.1, 0.15) is 28.8 Å². The van der Waals surface area contributed by atoms with Gasteiger partial charge in [0.15, 0.2) is 0 Å².